The highest BCUT2D eigenvalue weighted by Gasteiger charge is 2.09. The lowest BCUT2D eigenvalue weighted by atomic mass is 10.3. The van der Waals surface area contributed by atoms with Crippen LogP contribution in [0.3, 0.4) is 0 Å². The van der Waals surface area contributed by atoms with Gasteiger partial charge in [0.05, 0.1) is 0 Å². The van der Waals surface area contributed by atoms with Crippen LogP contribution in [0.5, 0.6) is 11.5 Å². The molecule has 4 aromatic rings. The highest BCUT2D eigenvalue weighted by atomic mass is 16.5. The van der Waals surface area contributed by atoms with Crippen molar-refractivity contribution in [3.8, 4) is 11.5 Å². The van der Waals surface area contributed by atoms with Gasteiger partial charge in [-0.2, -0.15) is 4.98 Å². The summed E-state index contributed by atoms with van der Waals surface area (Å²) in [6, 6.07) is 12.3. The molecule has 0 amide bonds. The average Bonchev–Trinajstić information content (AvgIpc) is 3.17. The van der Waals surface area contributed by atoms with Gasteiger partial charge in [0, 0.05) is 37.3 Å². The average molecular weight is 393 g/mol. The summed E-state index contributed by atoms with van der Waals surface area (Å²) in [6.45, 7) is 0.563. The highest BCUT2D eigenvalue weighted by molar-refractivity contribution is 5.85. The smallest absolute Gasteiger partial charge is 0.354 e. The maximum atomic E-state index is 11.0. The molecule has 0 atom stereocenters. The summed E-state index contributed by atoms with van der Waals surface area (Å²) in [4.78, 5) is 23.1. The summed E-state index contributed by atoms with van der Waals surface area (Å²) in [5, 5.41) is 12.1. The predicted molar refractivity (Wildman–Crippen MR) is 107 cm³/mol. The predicted octanol–water partition coefficient (Wildman–Crippen LogP) is 3.30. The number of benzene rings is 1. The van der Waals surface area contributed by atoms with Crippen LogP contribution in [-0.4, -0.2) is 33.1 Å². The number of nitrogens with two attached hydrogens (primary N) is 1. The zero-order chi connectivity index (χ0) is 20.6. The normalized spacial score (nSPS) is 10.1. The molecule has 0 radical (unpaired) electrons. The first kappa shape index (κ1) is 19.8. The number of pyridine rings is 2. The summed E-state index contributed by atoms with van der Waals surface area (Å²) in [7, 11) is 1.50. The molecule has 0 aliphatic rings. The largest absolute Gasteiger partial charge is 0.477 e. The Morgan fingerprint density at radius 2 is 1.86 bits per heavy atom. The van der Waals surface area contributed by atoms with Crippen molar-refractivity contribution >= 4 is 23.1 Å². The number of nitrogens with one attached hydrogen (secondary N) is 1. The van der Waals surface area contributed by atoms with Crippen molar-refractivity contribution in [2.75, 3.05) is 12.4 Å². The molecule has 1 aromatic carbocycles. The lowest BCUT2D eigenvalue weighted by Gasteiger charge is -2.05. The van der Waals surface area contributed by atoms with E-state index in [2.05, 4.69) is 26.0 Å². The molecule has 0 saturated carbocycles. The van der Waals surface area contributed by atoms with E-state index in [1.54, 1.807) is 36.7 Å². The molecular weight excluding hydrogens is 374 g/mol. The van der Waals surface area contributed by atoms with Gasteiger partial charge < -0.3 is 25.3 Å². The summed E-state index contributed by atoms with van der Waals surface area (Å²) in [6.07, 6.45) is 4.83. The number of aromatic nitrogens is 3. The third-order valence-corrected chi connectivity index (χ3v) is 3.74. The van der Waals surface area contributed by atoms with Crippen LogP contribution < -0.4 is 15.8 Å². The van der Waals surface area contributed by atoms with Gasteiger partial charge in [0.1, 0.15) is 17.0 Å². The van der Waals surface area contributed by atoms with Crippen molar-refractivity contribution in [2.45, 2.75) is 6.54 Å². The number of carboxylic acids is 1. The van der Waals surface area contributed by atoms with Crippen LogP contribution in [0.25, 0.3) is 11.1 Å². The molecule has 0 unspecified atom stereocenters. The lowest BCUT2D eigenvalue weighted by molar-refractivity contribution is 0.0690. The minimum atomic E-state index is -1.11. The molecule has 3 aromatic heterocycles. The Morgan fingerprint density at radius 1 is 1.10 bits per heavy atom. The molecule has 0 saturated heterocycles. The monoisotopic (exact) mass is 393 g/mol. The maximum absolute atomic E-state index is 11.0. The van der Waals surface area contributed by atoms with Crippen molar-refractivity contribution in [1.29, 1.82) is 0 Å². The zero-order valence-corrected chi connectivity index (χ0v) is 15.6. The molecule has 0 aliphatic carbocycles. The first-order valence-corrected chi connectivity index (χ1v) is 8.66. The number of nitrogens with zero attached hydrogens (tertiary/aromatic N) is 3. The summed E-state index contributed by atoms with van der Waals surface area (Å²) < 4.78 is 11.4. The second-order valence-electron chi connectivity index (χ2n) is 5.64. The van der Waals surface area contributed by atoms with Crippen LogP contribution in [0, 0.1) is 0 Å². The van der Waals surface area contributed by atoms with Gasteiger partial charge >= 0.3 is 5.97 Å². The molecule has 29 heavy (non-hydrogen) atoms. The Morgan fingerprint density at radius 3 is 2.62 bits per heavy atom. The van der Waals surface area contributed by atoms with Gasteiger partial charge in [0.15, 0.2) is 11.3 Å². The van der Waals surface area contributed by atoms with E-state index in [0.29, 0.717) is 35.2 Å². The van der Waals surface area contributed by atoms with E-state index in [1.165, 1.54) is 19.3 Å². The molecule has 0 fully saturated rings. The number of fused-ring (bicyclic) bond motifs is 1. The second kappa shape index (κ2) is 9.29. The molecule has 4 rings (SSSR count). The Bertz CT molecular complexity index is 1100. The summed E-state index contributed by atoms with van der Waals surface area (Å²) >= 11 is 0. The molecule has 3 heterocycles. The van der Waals surface area contributed by atoms with Gasteiger partial charge in [-0.3, -0.25) is 4.98 Å². The zero-order valence-electron chi connectivity index (χ0n) is 15.6. The van der Waals surface area contributed by atoms with Crippen LogP contribution in [0.4, 0.5) is 6.01 Å². The topological polar surface area (TPSA) is 136 Å². The number of ether oxygens (including phenoxy) is 1. The number of aromatic carboxylic acids is 1. The van der Waals surface area contributed by atoms with Crippen molar-refractivity contribution in [1.82, 2.24) is 15.0 Å². The Labute approximate surface area is 166 Å². The minimum Gasteiger partial charge on any atom is -0.477 e. The molecule has 148 valence electrons. The fourth-order valence-electron chi connectivity index (χ4n) is 2.45. The van der Waals surface area contributed by atoms with Crippen LogP contribution >= 0.6 is 0 Å². The van der Waals surface area contributed by atoms with Gasteiger partial charge in [-0.25, -0.2) is 9.78 Å². The van der Waals surface area contributed by atoms with Crippen molar-refractivity contribution in [3.63, 3.8) is 0 Å². The van der Waals surface area contributed by atoms with E-state index in [4.69, 9.17) is 14.3 Å². The van der Waals surface area contributed by atoms with Crippen LogP contribution in [0.15, 0.2) is 65.5 Å². The summed E-state index contributed by atoms with van der Waals surface area (Å²) in [5.41, 5.74) is 6.71. The van der Waals surface area contributed by atoms with Crippen molar-refractivity contribution in [3.05, 3.63) is 72.3 Å². The number of rotatable bonds is 6. The van der Waals surface area contributed by atoms with Crippen molar-refractivity contribution < 1.29 is 19.1 Å². The summed E-state index contributed by atoms with van der Waals surface area (Å²) in [5.74, 6) is -0.241. The van der Waals surface area contributed by atoms with E-state index < -0.39 is 5.97 Å². The molecule has 4 N–H and O–H groups in total. The molecule has 9 heteroatoms. The lowest BCUT2D eigenvalue weighted by Crippen LogP contribution is -1.99. The minimum absolute atomic E-state index is 0.0872. The number of carboxylic acid groups (broad SMARTS) is 1. The van der Waals surface area contributed by atoms with E-state index in [-0.39, 0.29) is 5.69 Å². The quantitative estimate of drug-likeness (QED) is 0.450. The third kappa shape index (κ3) is 5.05. The molecule has 0 bridgehead atoms. The molecule has 0 spiro atoms. The molecule has 9 nitrogen and oxygen atoms in total. The first-order valence-electron chi connectivity index (χ1n) is 8.66. The number of anilines is 1. The van der Waals surface area contributed by atoms with E-state index in [1.807, 2.05) is 12.1 Å². The first-order chi connectivity index (χ1) is 14.2. The fraction of sp³-hybridized carbons (Fsp3) is 0.100. The second-order valence-corrected chi connectivity index (χ2v) is 5.64. The third-order valence-electron chi connectivity index (χ3n) is 3.74. The Balaban J connectivity index is 0.00000117. The van der Waals surface area contributed by atoms with Crippen molar-refractivity contribution in [2.24, 2.45) is 5.73 Å². The number of carbonyl (C=O) groups is 1. The Hall–Kier alpha value is -3.98. The van der Waals surface area contributed by atoms with Gasteiger partial charge in [-0.1, -0.05) is 0 Å². The standard InChI is InChI=1S/C19H14N4O4.CH5N/c24-18(25)16-9-14(5-8-21-16)26-13-1-2-15-17(10-13)27-19(23-15)22-11-12-3-6-20-7-4-12;1-2/h1-10H,11H2,(H,22,23)(H,24,25);2H2,1H3. The van der Waals surface area contributed by atoms with Crippen LogP contribution in [0.2, 0.25) is 0 Å². The maximum Gasteiger partial charge on any atom is 0.354 e. The number of hydrogen-bond acceptors (Lipinski definition) is 8. The number of hydrogen-bond donors (Lipinski definition) is 3. The van der Waals surface area contributed by atoms with Gasteiger partial charge in [-0.05, 0) is 42.9 Å². The molecular formula is C20H19N5O4. The Kier molecular flexibility index (Phi) is 6.33. The fourth-order valence-corrected chi connectivity index (χ4v) is 2.45. The van der Waals surface area contributed by atoms with Gasteiger partial charge in [-0.15, -0.1) is 0 Å². The van der Waals surface area contributed by atoms with Crippen LogP contribution in [0.1, 0.15) is 16.1 Å². The van der Waals surface area contributed by atoms with Gasteiger partial charge in [0.25, 0.3) is 6.01 Å². The number of oxazole rings is 1. The van der Waals surface area contributed by atoms with Crippen LogP contribution in [-0.2, 0) is 6.54 Å². The van der Waals surface area contributed by atoms with Gasteiger partial charge in [0.2, 0.25) is 0 Å². The van der Waals surface area contributed by atoms with E-state index >= 15 is 0 Å². The molecule has 0 aliphatic heterocycles. The van der Waals surface area contributed by atoms with E-state index in [9.17, 15) is 4.79 Å². The SMILES string of the molecule is CN.O=C(O)c1cc(Oc2ccc3nc(NCc4ccncc4)oc3c2)ccn1. The highest BCUT2D eigenvalue weighted by Crippen LogP contribution is 2.27. The van der Waals surface area contributed by atoms with E-state index in [0.717, 1.165) is 5.56 Å².